The van der Waals surface area contributed by atoms with Crippen LogP contribution in [0.5, 0.6) is 0 Å². The Labute approximate surface area is 161 Å². The number of hydrogen-bond acceptors (Lipinski definition) is 4. The molecule has 0 aliphatic heterocycles. The topological polar surface area (TPSA) is 78.5 Å². The van der Waals surface area contributed by atoms with Gasteiger partial charge in [-0.1, -0.05) is 31.4 Å². The minimum atomic E-state index is -3.68. The highest BCUT2D eigenvalue weighted by molar-refractivity contribution is 7.89. The smallest absolute Gasteiger partial charge is 0.244 e. The molecule has 2 rings (SSSR count). The van der Waals surface area contributed by atoms with Crippen LogP contribution in [-0.2, 0) is 14.8 Å². The van der Waals surface area contributed by atoms with E-state index >= 15 is 0 Å². The van der Waals surface area contributed by atoms with Gasteiger partial charge in [-0.15, -0.1) is 0 Å². The number of halogens is 1. The van der Waals surface area contributed by atoms with Gasteiger partial charge < -0.3 is 10.6 Å². The van der Waals surface area contributed by atoms with Crippen LogP contribution in [0.2, 0.25) is 5.02 Å². The lowest BCUT2D eigenvalue weighted by molar-refractivity contribution is -0.118. The van der Waals surface area contributed by atoms with Gasteiger partial charge in [-0.3, -0.25) is 4.79 Å². The van der Waals surface area contributed by atoms with Gasteiger partial charge in [0, 0.05) is 25.8 Å². The number of sulfonamides is 1. The van der Waals surface area contributed by atoms with E-state index in [1.54, 1.807) is 6.07 Å². The number of carbonyl (C=O) groups excluding carboxylic acids is 1. The number of anilines is 1. The van der Waals surface area contributed by atoms with E-state index in [0.717, 1.165) is 10.7 Å². The fourth-order valence-electron chi connectivity index (χ4n) is 3.19. The summed E-state index contributed by atoms with van der Waals surface area (Å²) in [4.78, 5) is 12.5. The molecule has 1 fully saturated rings. The maximum atomic E-state index is 12.5. The molecule has 0 bridgehead atoms. The zero-order chi connectivity index (χ0) is 19.5. The lowest BCUT2D eigenvalue weighted by atomic mass is 9.85. The average molecular weight is 402 g/mol. The minimum Gasteiger partial charge on any atom is -0.325 e. The molecule has 3 atom stereocenters. The molecule has 1 aromatic rings. The Morgan fingerprint density at radius 1 is 1.27 bits per heavy atom. The molecule has 0 spiro atoms. The van der Waals surface area contributed by atoms with E-state index in [-0.39, 0.29) is 21.9 Å². The van der Waals surface area contributed by atoms with Gasteiger partial charge in [-0.25, -0.2) is 12.7 Å². The zero-order valence-electron chi connectivity index (χ0n) is 15.8. The summed E-state index contributed by atoms with van der Waals surface area (Å²) in [6.07, 6.45) is 4.67. The van der Waals surface area contributed by atoms with Gasteiger partial charge in [-0.05, 0) is 43.9 Å². The van der Waals surface area contributed by atoms with Gasteiger partial charge in [0.15, 0.2) is 0 Å². The van der Waals surface area contributed by atoms with E-state index in [9.17, 15) is 13.2 Å². The molecule has 1 aromatic carbocycles. The van der Waals surface area contributed by atoms with Crippen molar-refractivity contribution >= 4 is 33.2 Å². The summed E-state index contributed by atoms with van der Waals surface area (Å²) in [5.74, 6) is 0.352. The van der Waals surface area contributed by atoms with Crippen molar-refractivity contribution in [2.24, 2.45) is 5.92 Å². The lowest BCUT2D eigenvalue weighted by Gasteiger charge is -2.31. The molecule has 6 nitrogen and oxygen atoms in total. The second-order valence-electron chi connectivity index (χ2n) is 7.18. The fourth-order valence-corrected chi connectivity index (χ4v) is 4.58. The maximum Gasteiger partial charge on any atom is 0.244 e. The molecular weight excluding hydrogens is 374 g/mol. The Morgan fingerprint density at radius 2 is 1.92 bits per heavy atom. The van der Waals surface area contributed by atoms with E-state index in [1.165, 1.54) is 45.5 Å². The third-order valence-electron chi connectivity index (χ3n) is 4.93. The molecule has 0 saturated heterocycles. The van der Waals surface area contributed by atoms with Crippen LogP contribution in [0.4, 0.5) is 5.69 Å². The van der Waals surface area contributed by atoms with Crippen molar-refractivity contribution in [3.8, 4) is 0 Å². The summed E-state index contributed by atoms with van der Waals surface area (Å²) in [7, 11) is -0.804. The Morgan fingerprint density at radius 3 is 2.54 bits per heavy atom. The first-order valence-corrected chi connectivity index (χ1v) is 10.7. The van der Waals surface area contributed by atoms with Crippen LogP contribution in [0, 0.1) is 5.92 Å². The first kappa shape index (κ1) is 21.2. The van der Waals surface area contributed by atoms with Crippen molar-refractivity contribution in [2.45, 2.75) is 56.5 Å². The maximum absolute atomic E-state index is 12.5. The van der Waals surface area contributed by atoms with E-state index in [1.807, 2.05) is 6.92 Å². The first-order chi connectivity index (χ1) is 12.1. The van der Waals surface area contributed by atoms with Gasteiger partial charge >= 0.3 is 0 Å². The van der Waals surface area contributed by atoms with E-state index in [2.05, 4.69) is 17.6 Å². The summed E-state index contributed by atoms with van der Waals surface area (Å²) >= 11 is 6.04. The van der Waals surface area contributed by atoms with E-state index < -0.39 is 10.0 Å². The van der Waals surface area contributed by atoms with Gasteiger partial charge in [-0.2, -0.15) is 0 Å². The molecule has 1 aliphatic carbocycles. The van der Waals surface area contributed by atoms with Crippen molar-refractivity contribution in [1.82, 2.24) is 9.62 Å². The molecule has 0 aromatic heterocycles. The Hall–Kier alpha value is -1.15. The second-order valence-corrected chi connectivity index (χ2v) is 9.71. The molecule has 1 aliphatic rings. The number of carbonyl (C=O) groups is 1. The third kappa shape index (κ3) is 4.97. The standard InChI is InChI=1S/C18H28ClN3O3S/c1-12-7-5-6-8-16(12)20-13(2)18(23)21-14-9-10-15(19)17(11-14)26(24,25)22(3)4/h9-13,16,20H,5-8H2,1-4H3,(H,21,23). The molecule has 2 N–H and O–H groups in total. The molecule has 3 unspecified atom stereocenters. The van der Waals surface area contributed by atoms with Gasteiger partial charge in [0.25, 0.3) is 0 Å². The summed E-state index contributed by atoms with van der Waals surface area (Å²) < 4.78 is 25.8. The fraction of sp³-hybridized carbons (Fsp3) is 0.611. The average Bonchev–Trinajstić information content (AvgIpc) is 2.58. The number of nitrogens with one attached hydrogen (secondary N) is 2. The summed E-state index contributed by atoms with van der Waals surface area (Å²) in [6.45, 7) is 4.03. The summed E-state index contributed by atoms with van der Waals surface area (Å²) in [5, 5.41) is 6.30. The SMILES string of the molecule is CC(NC1CCCCC1C)C(=O)Nc1ccc(Cl)c(S(=O)(=O)N(C)C)c1. The molecular formula is C18H28ClN3O3S. The van der Waals surface area contributed by atoms with Crippen molar-refractivity contribution < 1.29 is 13.2 Å². The molecule has 0 radical (unpaired) electrons. The normalized spacial score (nSPS) is 22.2. The number of rotatable bonds is 6. The van der Waals surface area contributed by atoms with E-state index in [4.69, 9.17) is 11.6 Å². The number of amides is 1. The predicted molar refractivity (Wildman–Crippen MR) is 105 cm³/mol. The van der Waals surface area contributed by atoms with Crippen LogP contribution in [0.3, 0.4) is 0 Å². The highest BCUT2D eigenvalue weighted by atomic mass is 35.5. The third-order valence-corrected chi connectivity index (χ3v) is 7.22. The van der Waals surface area contributed by atoms with Crippen molar-refractivity contribution in [3.63, 3.8) is 0 Å². The minimum absolute atomic E-state index is 0.0246. The largest absolute Gasteiger partial charge is 0.325 e. The number of nitrogens with zero attached hydrogens (tertiary/aromatic N) is 1. The quantitative estimate of drug-likeness (QED) is 0.767. The molecule has 1 amide bonds. The van der Waals surface area contributed by atoms with E-state index in [0.29, 0.717) is 17.6 Å². The van der Waals surface area contributed by atoms with Crippen LogP contribution in [0.15, 0.2) is 23.1 Å². The first-order valence-electron chi connectivity index (χ1n) is 8.92. The monoisotopic (exact) mass is 401 g/mol. The number of benzene rings is 1. The van der Waals surface area contributed by atoms with Gasteiger partial charge in [0.1, 0.15) is 4.90 Å². The second kappa shape index (κ2) is 8.69. The highest BCUT2D eigenvalue weighted by Gasteiger charge is 2.26. The van der Waals surface area contributed by atoms with Gasteiger partial charge in [0.2, 0.25) is 15.9 Å². The zero-order valence-corrected chi connectivity index (χ0v) is 17.3. The van der Waals surface area contributed by atoms with Gasteiger partial charge in [0.05, 0.1) is 11.1 Å². The van der Waals surface area contributed by atoms with Crippen molar-refractivity contribution in [1.29, 1.82) is 0 Å². The molecule has 146 valence electrons. The van der Waals surface area contributed by atoms with Crippen LogP contribution in [-0.4, -0.2) is 44.8 Å². The molecule has 0 heterocycles. The van der Waals surface area contributed by atoms with Crippen molar-refractivity contribution in [3.05, 3.63) is 23.2 Å². The molecule has 1 saturated carbocycles. The van der Waals surface area contributed by atoms with Crippen LogP contribution in [0.25, 0.3) is 0 Å². The predicted octanol–water partition coefficient (Wildman–Crippen LogP) is 3.09. The molecule has 8 heteroatoms. The van der Waals surface area contributed by atoms with Crippen molar-refractivity contribution in [2.75, 3.05) is 19.4 Å². The lowest BCUT2D eigenvalue weighted by Crippen LogP contribution is -2.47. The number of hydrogen-bond donors (Lipinski definition) is 2. The highest BCUT2D eigenvalue weighted by Crippen LogP contribution is 2.27. The summed E-state index contributed by atoms with van der Waals surface area (Å²) in [6, 6.07) is 4.44. The molecule has 26 heavy (non-hydrogen) atoms. The summed E-state index contributed by atoms with van der Waals surface area (Å²) in [5.41, 5.74) is 0.408. The Kier molecular flexibility index (Phi) is 7.07. The van der Waals surface area contributed by atoms with Crippen LogP contribution < -0.4 is 10.6 Å². The Bertz CT molecular complexity index is 752. The Balaban J connectivity index is 2.09. The van der Waals surface area contributed by atoms with Crippen LogP contribution in [0.1, 0.15) is 39.5 Å². The van der Waals surface area contributed by atoms with Crippen LogP contribution >= 0.6 is 11.6 Å².